The summed E-state index contributed by atoms with van der Waals surface area (Å²) in [5.41, 5.74) is 2.77. The second-order valence-corrected chi connectivity index (χ2v) is 7.87. The zero-order chi connectivity index (χ0) is 21.3. The highest BCUT2D eigenvalue weighted by Gasteiger charge is 2.33. The molecule has 0 unspecified atom stereocenters. The van der Waals surface area contributed by atoms with Gasteiger partial charge in [0, 0.05) is 51.1 Å². The van der Waals surface area contributed by atoms with Gasteiger partial charge in [0.25, 0.3) is 5.91 Å². The fourth-order valence-electron chi connectivity index (χ4n) is 4.33. The van der Waals surface area contributed by atoms with Crippen molar-refractivity contribution < 1.29 is 14.3 Å². The molecule has 1 aromatic carbocycles. The predicted octanol–water partition coefficient (Wildman–Crippen LogP) is 2.15. The van der Waals surface area contributed by atoms with Crippen LogP contribution in [0.4, 0.5) is 5.82 Å². The van der Waals surface area contributed by atoms with Crippen LogP contribution in [0.15, 0.2) is 18.2 Å². The number of ether oxygens (including phenoxy) is 2. The molecular formula is C22H29N5O3. The summed E-state index contributed by atoms with van der Waals surface area (Å²) in [4.78, 5) is 27.1. The largest absolute Gasteiger partial charge is 0.496 e. The lowest BCUT2D eigenvalue weighted by Gasteiger charge is -2.26. The summed E-state index contributed by atoms with van der Waals surface area (Å²) < 4.78 is 10.8. The number of likely N-dealkylation sites (N-methyl/N-ethyl adjacent to an activating group) is 1. The molecule has 30 heavy (non-hydrogen) atoms. The lowest BCUT2D eigenvalue weighted by Crippen LogP contribution is -2.30. The molecule has 1 aromatic heterocycles. The van der Waals surface area contributed by atoms with Crippen molar-refractivity contribution in [2.45, 2.75) is 25.3 Å². The number of benzene rings is 1. The monoisotopic (exact) mass is 411 g/mol. The number of fused-ring (bicyclic) bond motifs is 1. The number of anilines is 1. The van der Waals surface area contributed by atoms with Gasteiger partial charge in [0.2, 0.25) is 0 Å². The Balaban J connectivity index is 1.58. The predicted molar refractivity (Wildman–Crippen MR) is 114 cm³/mol. The summed E-state index contributed by atoms with van der Waals surface area (Å²) >= 11 is 0. The number of nitrogens with one attached hydrogen (secondary N) is 1. The number of methoxy groups -OCH3 is 2. The molecule has 160 valence electrons. The Morgan fingerprint density at radius 1 is 1.17 bits per heavy atom. The third-order valence-electron chi connectivity index (χ3n) is 5.99. The summed E-state index contributed by atoms with van der Waals surface area (Å²) in [6.45, 7) is 3.09. The Morgan fingerprint density at radius 2 is 1.90 bits per heavy atom. The molecule has 2 aliphatic rings. The normalized spacial score (nSPS) is 18.8. The molecule has 0 radical (unpaired) electrons. The fraction of sp³-hybridized carbons (Fsp3) is 0.500. The van der Waals surface area contributed by atoms with E-state index in [9.17, 15) is 4.79 Å². The van der Waals surface area contributed by atoms with Gasteiger partial charge in [-0.05, 0) is 25.6 Å². The van der Waals surface area contributed by atoms with E-state index in [0.717, 1.165) is 43.3 Å². The highest BCUT2D eigenvalue weighted by atomic mass is 16.5. The van der Waals surface area contributed by atoms with Crippen LogP contribution in [0.3, 0.4) is 0 Å². The van der Waals surface area contributed by atoms with Crippen molar-refractivity contribution in [2.24, 2.45) is 0 Å². The third-order valence-corrected chi connectivity index (χ3v) is 5.99. The molecule has 2 aliphatic heterocycles. The van der Waals surface area contributed by atoms with Gasteiger partial charge in [-0.15, -0.1) is 0 Å². The maximum Gasteiger partial charge on any atom is 0.261 e. The molecule has 3 heterocycles. The maximum atomic E-state index is 13.3. The minimum Gasteiger partial charge on any atom is -0.496 e. The Hall–Kier alpha value is -2.87. The van der Waals surface area contributed by atoms with E-state index in [-0.39, 0.29) is 11.8 Å². The van der Waals surface area contributed by atoms with Crippen molar-refractivity contribution in [3.05, 3.63) is 40.8 Å². The van der Waals surface area contributed by atoms with Crippen LogP contribution in [0.1, 0.15) is 39.8 Å². The molecule has 1 fully saturated rings. The molecule has 8 heteroatoms. The summed E-state index contributed by atoms with van der Waals surface area (Å²) in [6.07, 6.45) is 1.76. The third kappa shape index (κ3) is 3.67. The number of carbonyl (C=O) groups excluding carboxylic acids is 1. The second kappa shape index (κ2) is 8.47. The van der Waals surface area contributed by atoms with Crippen LogP contribution in [0, 0.1) is 0 Å². The minimum atomic E-state index is -0.0831. The highest BCUT2D eigenvalue weighted by molar-refractivity contribution is 6.00. The van der Waals surface area contributed by atoms with Crippen LogP contribution < -0.4 is 14.8 Å². The van der Waals surface area contributed by atoms with Crippen molar-refractivity contribution >= 4 is 11.7 Å². The van der Waals surface area contributed by atoms with Gasteiger partial charge in [-0.1, -0.05) is 6.07 Å². The molecule has 1 N–H and O–H groups in total. The van der Waals surface area contributed by atoms with Crippen molar-refractivity contribution in [3.8, 4) is 11.5 Å². The maximum absolute atomic E-state index is 13.3. The zero-order valence-corrected chi connectivity index (χ0v) is 18.1. The first-order valence-corrected chi connectivity index (χ1v) is 10.3. The number of carbonyl (C=O) groups is 1. The lowest BCUT2D eigenvalue weighted by molar-refractivity contribution is 0.0783. The van der Waals surface area contributed by atoms with Gasteiger partial charge in [0.15, 0.2) is 0 Å². The molecule has 0 aliphatic carbocycles. The summed E-state index contributed by atoms with van der Waals surface area (Å²) in [6, 6.07) is 5.39. The Labute approximate surface area is 177 Å². The Kier molecular flexibility index (Phi) is 5.76. The van der Waals surface area contributed by atoms with Gasteiger partial charge in [-0.25, -0.2) is 9.97 Å². The quantitative estimate of drug-likeness (QED) is 0.808. The van der Waals surface area contributed by atoms with E-state index < -0.39 is 0 Å². The van der Waals surface area contributed by atoms with E-state index in [2.05, 4.69) is 17.3 Å². The van der Waals surface area contributed by atoms with Crippen molar-refractivity contribution in [3.63, 3.8) is 0 Å². The van der Waals surface area contributed by atoms with Gasteiger partial charge < -0.3 is 24.6 Å². The van der Waals surface area contributed by atoms with Crippen LogP contribution >= 0.6 is 0 Å². The number of hydrogen-bond acceptors (Lipinski definition) is 7. The first kappa shape index (κ1) is 20.4. The smallest absolute Gasteiger partial charge is 0.261 e. The van der Waals surface area contributed by atoms with Gasteiger partial charge in [-0.2, -0.15) is 0 Å². The van der Waals surface area contributed by atoms with Gasteiger partial charge in [-0.3, -0.25) is 4.79 Å². The van der Waals surface area contributed by atoms with Crippen LogP contribution in [0.5, 0.6) is 11.5 Å². The summed E-state index contributed by atoms with van der Waals surface area (Å²) in [5, 5.41) is 3.24. The molecule has 1 amide bonds. The van der Waals surface area contributed by atoms with E-state index in [4.69, 9.17) is 19.4 Å². The number of hydrogen-bond donors (Lipinski definition) is 1. The standard InChI is InChI=1S/C22H29N5O3/c1-23-21-15-13-26(2)10-9-16(15)24-20(25-21)14-8-11-27(12-14)22(28)19-17(29-3)6-5-7-18(19)30-4/h5-7,14H,8-13H2,1-4H3,(H,23,24,25)/t14-/m1/s1. The second-order valence-electron chi connectivity index (χ2n) is 7.87. The van der Waals surface area contributed by atoms with Gasteiger partial charge >= 0.3 is 0 Å². The van der Waals surface area contributed by atoms with E-state index in [1.54, 1.807) is 26.4 Å². The fourth-order valence-corrected chi connectivity index (χ4v) is 4.33. The van der Waals surface area contributed by atoms with E-state index >= 15 is 0 Å². The lowest BCUT2D eigenvalue weighted by atomic mass is 10.0. The Bertz CT molecular complexity index is 909. The van der Waals surface area contributed by atoms with Gasteiger partial charge in [0.1, 0.15) is 28.7 Å². The molecule has 0 spiro atoms. The highest BCUT2D eigenvalue weighted by Crippen LogP contribution is 2.34. The molecule has 0 bridgehead atoms. The average molecular weight is 412 g/mol. The van der Waals surface area contributed by atoms with Crippen molar-refractivity contribution in [2.75, 3.05) is 53.3 Å². The number of amides is 1. The molecule has 0 saturated carbocycles. The van der Waals surface area contributed by atoms with Crippen LogP contribution in [-0.4, -0.2) is 73.6 Å². The molecule has 1 saturated heterocycles. The van der Waals surface area contributed by atoms with Crippen LogP contribution in [0.2, 0.25) is 0 Å². The summed E-state index contributed by atoms with van der Waals surface area (Å²) in [5.74, 6) is 2.80. The minimum absolute atomic E-state index is 0.0831. The zero-order valence-electron chi connectivity index (χ0n) is 18.1. The van der Waals surface area contributed by atoms with E-state index in [1.807, 2.05) is 18.0 Å². The first-order valence-electron chi connectivity index (χ1n) is 10.3. The van der Waals surface area contributed by atoms with E-state index in [1.165, 1.54) is 5.56 Å². The number of rotatable bonds is 5. The first-order chi connectivity index (χ1) is 14.5. The molecule has 8 nitrogen and oxygen atoms in total. The Morgan fingerprint density at radius 3 is 2.57 bits per heavy atom. The summed E-state index contributed by atoms with van der Waals surface area (Å²) in [7, 11) is 7.15. The molecular weight excluding hydrogens is 382 g/mol. The average Bonchev–Trinajstić information content (AvgIpc) is 3.27. The van der Waals surface area contributed by atoms with Crippen molar-refractivity contribution in [1.29, 1.82) is 0 Å². The molecule has 4 rings (SSSR count). The van der Waals surface area contributed by atoms with E-state index in [0.29, 0.717) is 30.2 Å². The number of nitrogens with zero attached hydrogens (tertiary/aromatic N) is 4. The number of aromatic nitrogens is 2. The SMILES string of the molecule is CNc1nc([C@@H]2CCN(C(=O)c3c(OC)cccc3OC)C2)nc2c1CN(C)CC2. The molecule has 2 aromatic rings. The van der Waals surface area contributed by atoms with Crippen molar-refractivity contribution in [1.82, 2.24) is 19.8 Å². The van der Waals surface area contributed by atoms with Crippen LogP contribution in [-0.2, 0) is 13.0 Å². The van der Waals surface area contributed by atoms with Gasteiger partial charge in [0.05, 0.1) is 19.9 Å². The topological polar surface area (TPSA) is 79.8 Å². The number of likely N-dealkylation sites (tertiary alicyclic amines) is 1. The van der Waals surface area contributed by atoms with Crippen LogP contribution in [0.25, 0.3) is 0 Å². The molecule has 1 atom stereocenters.